The number of rotatable bonds is 2. The first-order chi connectivity index (χ1) is 9.63. The Morgan fingerprint density at radius 1 is 1.30 bits per heavy atom. The van der Waals surface area contributed by atoms with E-state index >= 15 is 0 Å². The molecule has 1 amide bonds. The Labute approximate surface area is 128 Å². The lowest BCUT2D eigenvalue weighted by atomic mass is 10.2. The van der Waals surface area contributed by atoms with Crippen LogP contribution in [0.15, 0.2) is 47.1 Å². The molecule has 0 spiro atoms. The molecule has 5 heteroatoms. The monoisotopic (exact) mass is 346 g/mol. The van der Waals surface area contributed by atoms with Gasteiger partial charge in [-0.05, 0) is 52.0 Å². The van der Waals surface area contributed by atoms with Crippen LogP contribution in [0.4, 0.5) is 5.82 Å². The molecule has 1 aromatic carbocycles. The van der Waals surface area contributed by atoms with Gasteiger partial charge in [-0.15, -0.1) is 11.3 Å². The number of fused-ring (bicyclic) bond motifs is 1. The van der Waals surface area contributed by atoms with E-state index in [0.717, 1.165) is 20.1 Å². The molecule has 0 bridgehead atoms. The zero-order valence-corrected chi connectivity index (χ0v) is 13.1. The Balaban J connectivity index is 1.89. The maximum absolute atomic E-state index is 12.3. The Kier molecular flexibility index (Phi) is 3.54. The second-order valence-electron chi connectivity index (χ2n) is 4.42. The van der Waals surface area contributed by atoms with Crippen LogP contribution in [0.1, 0.15) is 15.2 Å². The van der Waals surface area contributed by atoms with Gasteiger partial charge in [0.15, 0.2) is 0 Å². The number of carbonyl (C=O) groups excluding carboxylic acids is 1. The summed E-state index contributed by atoms with van der Waals surface area (Å²) in [4.78, 5) is 17.2. The van der Waals surface area contributed by atoms with E-state index in [-0.39, 0.29) is 5.91 Å². The van der Waals surface area contributed by atoms with Crippen LogP contribution in [0.2, 0.25) is 0 Å². The van der Waals surface area contributed by atoms with E-state index in [0.29, 0.717) is 10.7 Å². The van der Waals surface area contributed by atoms with Crippen LogP contribution < -0.4 is 5.32 Å². The number of aryl methyl sites for hydroxylation is 1. The van der Waals surface area contributed by atoms with Crippen molar-refractivity contribution in [3.63, 3.8) is 0 Å². The number of anilines is 1. The molecule has 20 heavy (non-hydrogen) atoms. The smallest absolute Gasteiger partial charge is 0.266 e. The van der Waals surface area contributed by atoms with Gasteiger partial charge in [-0.25, -0.2) is 4.98 Å². The van der Waals surface area contributed by atoms with E-state index < -0.39 is 0 Å². The molecular weight excluding hydrogens is 336 g/mol. The maximum Gasteiger partial charge on any atom is 0.266 e. The summed E-state index contributed by atoms with van der Waals surface area (Å²) in [5, 5.41) is 3.94. The SMILES string of the molecule is Cc1cc(Br)cnc1NC(=O)c1cc2ccccc2s1. The van der Waals surface area contributed by atoms with E-state index in [1.54, 1.807) is 6.20 Å². The minimum absolute atomic E-state index is 0.121. The van der Waals surface area contributed by atoms with Crippen molar-refractivity contribution >= 4 is 49.1 Å². The van der Waals surface area contributed by atoms with Gasteiger partial charge in [0.05, 0.1) is 4.88 Å². The van der Waals surface area contributed by atoms with Gasteiger partial charge in [0.1, 0.15) is 5.82 Å². The third kappa shape index (κ3) is 2.59. The normalized spacial score (nSPS) is 10.7. The van der Waals surface area contributed by atoms with Crippen LogP contribution in [0, 0.1) is 6.92 Å². The van der Waals surface area contributed by atoms with Crippen molar-refractivity contribution in [2.45, 2.75) is 6.92 Å². The van der Waals surface area contributed by atoms with Crippen LogP contribution in [-0.4, -0.2) is 10.9 Å². The predicted molar refractivity (Wildman–Crippen MR) is 86.5 cm³/mol. The Hall–Kier alpha value is -1.72. The summed E-state index contributed by atoms with van der Waals surface area (Å²) < 4.78 is 2.01. The number of hydrogen-bond donors (Lipinski definition) is 1. The highest BCUT2D eigenvalue weighted by Gasteiger charge is 2.12. The molecule has 2 aromatic heterocycles. The van der Waals surface area contributed by atoms with Gasteiger partial charge in [0, 0.05) is 15.4 Å². The average Bonchev–Trinajstić information content (AvgIpc) is 2.86. The van der Waals surface area contributed by atoms with Crippen molar-refractivity contribution in [3.8, 4) is 0 Å². The van der Waals surface area contributed by atoms with Gasteiger partial charge >= 0.3 is 0 Å². The third-order valence-corrected chi connectivity index (χ3v) is 4.47. The molecule has 0 aliphatic heterocycles. The van der Waals surface area contributed by atoms with Crippen molar-refractivity contribution in [1.82, 2.24) is 4.98 Å². The Bertz CT molecular complexity index is 764. The molecule has 3 nitrogen and oxygen atoms in total. The number of aromatic nitrogens is 1. The van der Waals surface area contributed by atoms with E-state index in [1.165, 1.54) is 11.3 Å². The first-order valence-corrected chi connectivity index (χ1v) is 7.66. The highest BCUT2D eigenvalue weighted by atomic mass is 79.9. The summed E-state index contributed by atoms with van der Waals surface area (Å²) in [6, 6.07) is 11.8. The number of pyridine rings is 1. The first-order valence-electron chi connectivity index (χ1n) is 6.05. The minimum Gasteiger partial charge on any atom is -0.306 e. The molecule has 3 rings (SSSR count). The van der Waals surface area contributed by atoms with Gasteiger partial charge in [-0.3, -0.25) is 4.79 Å². The number of amides is 1. The molecule has 0 aliphatic carbocycles. The van der Waals surface area contributed by atoms with Crippen molar-refractivity contribution in [2.24, 2.45) is 0 Å². The number of halogens is 1. The lowest BCUT2D eigenvalue weighted by molar-refractivity contribution is 0.103. The molecule has 0 radical (unpaired) electrons. The van der Waals surface area contributed by atoms with E-state index in [4.69, 9.17) is 0 Å². The van der Waals surface area contributed by atoms with Gasteiger partial charge < -0.3 is 5.32 Å². The average molecular weight is 347 g/mol. The lowest BCUT2D eigenvalue weighted by Crippen LogP contribution is -2.12. The zero-order chi connectivity index (χ0) is 14.1. The lowest BCUT2D eigenvalue weighted by Gasteiger charge is -2.06. The third-order valence-electron chi connectivity index (χ3n) is 2.93. The highest BCUT2D eigenvalue weighted by molar-refractivity contribution is 9.10. The predicted octanol–water partition coefficient (Wildman–Crippen LogP) is 4.62. The van der Waals surface area contributed by atoms with Crippen molar-refractivity contribution in [3.05, 3.63) is 57.5 Å². The van der Waals surface area contributed by atoms with E-state index in [9.17, 15) is 4.79 Å². The molecule has 3 aromatic rings. The van der Waals surface area contributed by atoms with Gasteiger partial charge in [0.25, 0.3) is 5.91 Å². The number of benzene rings is 1. The topological polar surface area (TPSA) is 42.0 Å². The molecule has 100 valence electrons. The minimum atomic E-state index is -0.121. The summed E-state index contributed by atoms with van der Waals surface area (Å²) >= 11 is 4.84. The second kappa shape index (κ2) is 5.34. The molecule has 0 fully saturated rings. The summed E-state index contributed by atoms with van der Waals surface area (Å²) in [5.74, 6) is 0.472. The van der Waals surface area contributed by atoms with Gasteiger partial charge in [-0.2, -0.15) is 0 Å². The number of carbonyl (C=O) groups is 1. The molecule has 1 N–H and O–H groups in total. The maximum atomic E-state index is 12.3. The van der Waals surface area contributed by atoms with Crippen molar-refractivity contribution < 1.29 is 4.79 Å². The molecule has 0 atom stereocenters. The fourth-order valence-corrected chi connectivity index (χ4v) is 3.34. The Morgan fingerprint density at radius 3 is 2.85 bits per heavy atom. The summed E-state index contributed by atoms with van der Waals surface area (Å²) in [5.41, 5.74) is 0.925. The zero-order valence-electron chi connectivity index (χ0n) is 10.7. The fourth-order valence-electron chi connectivity index (χ4n) is 1.93. The van der Waals surface area contributed by atoms with E-state index in [1.807, 2.05) is 43.3 Å². The van der Waals surface area contributed by atoms with Crippen LogP contribution in [0.5, 0.6) is 0 Å². The largest absolute Gasteiger partial charge is 0.306 e. The molecular formula is C15H11BrN2OS. The standard InChI is InChI=1S/C15H11BrN2OS/c1-9-6-11(16)8-17-14(9)18-15(19)13-7-10-4-2-3-5-12(10)20-13/h2-8H,1H3,(H,17,18,19). The Morgan fingerprint density at radius 2 is 2.10 bits per heavy atom. The van der Waals surface area contributed by atoms with Crippen molar-refractivity contribution in [2.75, 3.05) is 5.32 Å². The summed E-state index contributed by atoms with van der Waals surface area (Å²) in [6.45, 7) is 1.91. The van der Waals surface area contributed by atoms with Crippen LogP contribution in [0.25, 0.3) is 10.1 Å². The number of thiophene rings is 1. The molecule has 2 heterocycles. The molecule has 0 saturated carbocycles. The number of nitrogens with zero attached hydrogens (tertiary/aromatic N) is 1. The van der Waals surface area contributed by atoms with Crippen LogP contribution in [-0.2, 0) is 0 Å². The second-order valence-corrected chi connectivity index (χ2v) is 6.42. The first kappa shape index (κ1) is 13.3. The van der Waals surface area contributed by atoms with E-state index in [2.05, 4.69) is 26.2 Å². The number of hydrogen-bond acceptors (Lipinski definition) is 3. The number of nitrogens with one attached hydrogen (secondary N) is 1. The quantitative estimate of drug-likeness (QED) is 0.735. The van der Waals surface area contributed by atoms with Crippen molar-refractivity contribution in [1.29, 1.82) is 0 Å². The van der Waals surface area contributed by atoms with Crippen LogP contribution >= 0.6 is 27.3 Å². The molecule has 0 unspecified atom stereocenters. The highest BCUT2D eigenvalue weighted by Crippen LogP contribution is 2.26. The molecule has 0 saturated heterocycles. The fraction of sp³-hybridized carbons (Fsp3) is 0.0667. The molecule has 0 aliphatic rings. The summed E-state index contributed by atoms with van der Waals surface area (Å²) in [7, 11) is 0. The summed E-state index contributed by atoms with van der Waals surface area (Å²) in [6.07, 6.45) is 1.67. The van der Waals surface area contributed by atoms with Gasteiger partial charge in [-0.1, -0.05) is 18.2 Å². The van der Waals surface area contributed by atoms with Gasteiger partial charge in [0.2, 0.25) is 0 Å². The van der Waals surface area contributed by atoms with Crippen LogP contribution in [0.3, 0.4) is 0 Å².